The first-order valence-electron chi connectivity index (χ1n) is 4.29. The highest BCUT2D eigenvalue weighted by Gasteiger charge is 2.08. The Hall–Kier alpha value is -1.07. The molecule has 1 aromatic carbocycles. The van der Waals surface area contributed by atoms with Gasteiger partial charge in [-0.1, -0.05) is 15.9 Å². The molecule has 0 aliphatic rings. The lowest BCUT2D eigenvalue weighted by molar-refractivity contribution is 0.102. The third-order valence-electron chi connectivity index (χ3n) is 1.85. The predicted octanol–water partition coefficient (Wildman–Crippen LogP) is 2.25. The van der Waals surface area contributed by atoms with Crippen LogP contribution in [0.2, 0.25) is 0 Å². The minimum Gasteiger partial charge on any atom is -0.495 e. The van der Waals surface area contributed by atoms with E-state index in [0.29, 0.717) is 22.3 Å². The molecule has 0 aliphatic carbocycles. The number of methoxy groups -OCH3 is 1. The van der Waals surface area contributed by atoms with E-state index in [1.54, 1.807) is 25.3 Å². The first-order valence-corrected chi connectivity index (χ1v) is 5.41. The topological polar surface area (TPSA) is 47.6 Å². The summed E-state index contributed by atoms with van der Waals surface area (Å²) in [4.78, 5) is 16.2. The van der Waals surface area contributed by atoms with E-state index in [1.165, 1.54) is 7.11 Å². The molecule has 0 heterocycles. The smallest absolute Gasteiger partial charge is 0.173 e. The van der Waals surface area contributed by atoms with Gasteiger partial charge in [0.25, 0.3) is 0 Å². The van der Waals surface area contributed by atoms with Crippen molar-refractivity contribution in [1.82, 2.24) is 0 Å². The molecule has 0 aromatic heterocycles. The minimum atomic E-state index is 0.0109. The van der Waals surface area contributed by atoms with Crippen LogP contribution >= 0.6 is 15.9 Å². The van der Waals surface area contributed by atoms with Crippen molar-refractivity contribution >= 4 is 27.4 Å². The number of hydrogen-bond donors (Lipinski definition) is 1. The van der Waals surface area contributed by atoms with Gasteiger partial charge in [0.15, 0.2) is 5.78 Å². The number of carbonyl (C=O) groups excluding carboxylic acids is 1. The maximum Gasteiger partial charge on any atom is 0.173 e. The summed E-state index contributed by atoms with van der Waals surface area (Å²) in [7, 11) is 3.06. The van der Waals surface area contributed by atoms with Crippen LogP contribution in [0.15, 0.2) is 18.2 Å². The van der Waals surface area contributed by atoms with E-state index in [1.807, 2.05) is 0 Å². The Morgan fingerprint density at radius 3 is 2.73 bits per heavy atom. The Morgan fingerprint density at radius 2 is 2.20 bits per heavy atom. The molecule has 0 unspecified atom stereocenters. The number of ether oxygens (including phenoxy) is 1. The van der Waals surface area contributed by atoms with Gasteiger partial charge in [-0.2, -0.15) is 0 Å². The normalized spacial score (nSPS) is 9.80. The van der Waals surface area contributed by atoms with Crippen LogP contribution in [0.5, 0.6) is 5.75 Å². The van der Waals surface area contributed by atoms with Crippen LogP contribution in [0.1, 0.15) is 10.4 Å². The lowest BCUT2D eigenvalue weighted by Gasteiger charge is -2.10. The van der Waals surface area contributed by atoms with Gasteiger partial charge in [-0.05, 0) is 18.2 Å². The first kappa shape index (κ1) is 12.0. The molecule has 0 fully saturated rings. The molecule has 0 radical (unpaired) electrons. The Labute approximate surface area is 96.7 Å². The van der Waals surface area contributed by atoms with Crippen LogP contribution in [-0.4, -0.2) is 25.3 Å². The molecule has 0 spiro atoms. The summed E-state index contributed by atoms with van der Waals surface area (Å²) in [6, 6.07) is 5.12. The van der Waals surface area contributed by atoms with Crippen molar-refractivity contribution in [3.8, 4) is 5.75 Å². The molecule has 1 rings (SSSR count). The number of Topliss-reactive ketones (excluding diaryl/α,β-unsaturated/α-hetero) is 1. The Kier molecular flexibility index (Phi) is 4.58. The molecular formula is C10H12BrNO3. The van der Waals surface area contributed by atoms with Crippen molar-refractivity contribution in [2.24, 2.45) is 0 Å². The van der Waals surface area contributed by atoms with Crippen molar-refractivity contribution in [2.75, 3.05) is 25.0 Å². The maximum absolute atomic E-state index is 11.4. The summed E-state index contributed by atoms with van der Waals surface area (Å²) in [5.74, 6) is 0.639. The molecule has 0 amide bonds. The summed E-state index contributed by atoms with van der Waals surface area (Å²) < 4.78 is 5.10. The molecule has 0 bridgehead atoms. The first-order chi connectivity index (χ1) is 7.22. The van der Waals surface area contributed by atoms with Gasteiger partial charge in [-0.3, -0.25) is 15.1 Å². The molecule has 0 atom stereocenters. The van der Waals surface area contributed by atoms with Crippen molar-refractivity contribution in [3.63, 3.8) is 0 Å². The highest BCUT2D eigenvalue weighted by molar-refractivity contribution is 9.09. The van der Waals surface area contributed by atoms with Gasteiger partial charge in [0.2, 0.25) is 0 Å². The molecule has 0 saturated carbocycles. The fourth-order valence-corrected chi connectivity index (χ4v) is 1.47. The Balaban J connectivity index is 3.04. The average Bonchev–Trinajstić information content (AvgIpc) is 2.28. The minimum absolute atomic E-state index is 0.0109. The standard InChI is InChI=1S/C10H12BrNO3/c1-14-10-4-3-7(9(13)6-11)5-8(10)12-15-2/h3-5,12H,6H2,1-2H3. The summed E-state index contributed by atoms with van der Waals surface area (Å²) in [5, 5.41) is 0.297. The van der Waals surface area contributed by atoms with Crippen LogP contribution in [0.25, 0.3) is 0 Å². The maximum atomic E-state index is 11.4. The summed E-state index contributed by atoms with van der Waals surface area (Å²) in [5.41, 5.74) is 3.89. The van der Waals surface area contributed by atoms with Gasteiger partial charge < -0.3 is 4.74 Å². The van der Waals surface area contributed by atoms with E-state index < -0.39 is 0 Å². The molecule has 1 aromatic rings. The van der Waals surface area contributed by atoms with E-state index in [9.17, 15) is 4.79 Å². The molecule has 15 heavy (non-hydrogen) atoms. The number of alkyl halides is 1. The van der Waals surface area contributed by atoms with E-state index in [2.05, 4.69) is 21.4 Å². The predicted molar refractivity (Wildman–Crippen MR) is 61.8 cm³/mol. The summed E-state index contributed by atoms with van der Waals surface area (Å²) in [6.07, 6.45) is 0. The third-order valence-corrected chi connectivity index (χ3v) is 2.36. The second-order valence-electron chi connectivity index (χ2n) is 2.78. The van der Waals surface area contributed by atoms with E-state index in [4.69, 9.17) is 9.57 Å². The molecule has 0 saturated heterocycles. The molecule has 0 aliphatic heterocycles. The van der Waals surface area contributed by atoms with Crippen LogP contribution in [0.4, 0.5) is 5.69 Å². The lowest BCUT2D eigenvalue weighted by Crippen LogP contribution is -2.04. The van der Waals surface area contributed by atoms with Gasteiger partial charge >= 0.3 is 0 Å². The Morgan fingerprint density at radius 1 is 1.47 bits per heavy atom. The number of halogens is 1. The zero-order valence-electron chi connectivity index (χ0n) is 8.54. The SMILES string of the molecule is CONc1cc(C(=O)CBr)ccc1OC. The molecule has 82 valence electrons. The van der Waals surface area contributed by atoms with Gasteiger partial charge in [-0.15, -0.1) is 0 Å². The third kappa shape index (κ3) is 2.94. The van der Waals surface area contributed by atoms with Crippen LogP contribution < -0.4 is 10.2 Å². The second kappa shape index (κ2) is 5.72. The quantitative estimate of drug-likeness (QED) is 0.508. The second-order valence-corrected chi connectivity index (χ2v) is 3.34. The van der Waals surface area contributed by atoms with Crippen molar-refractivity contribution in [2.45, 2.75) is 0 Å². The zero-order valence-corrected chi connectivity index (χ0v) is 10.1. The number of anilines is 1. The monoisotopic (exact) mass is 273 g/mol. The van der Waals surface area contributed by atoms with Crippen LogP contribution in [0, 0.1) is 0 Å². The number of rotatable bonds is 5. The van der Waals surface area contributed by atoms with Gasteiger partial charge in [0.05, 0.1) is 19.5 Å². The number of ketones is 1. The zero-order chi connectivity index (χ0) is 11.3. The van der Waals surface area contributed by atoms with Crippen LogP contribution in [0.3, 0.4) is 0 Å². The Bertz CT molecular complexity index is 355. The fraction of sp³-hybridized carbons (Fsp3) is 0.300. The van der Waals surface area contributed by atoms with E-state index in [-0.39, 0.29) is 5.78 Å². The van der Waals surface area contributed by atoms with Gasteiger partial charge in [-0.25, -0.2) is 0 Å². The molecular weight excluding hydrogens is 262 g/mol. The largest absolute Gasteiger partial charge is 0.495 e. The van der Waals surface area contributed by atoms with Crippen LogP contribution in [-0.2, 0) is 4.84 Å². The van der Waals surface area contributed by atoms with Crippen molar-refractivity contribution < 1.29 is 14.4 Å². The molecule has 5 heteroatoms. The van der Waals surface area contributed by atoms with Gasteiger partial charge in [0, 0.05) is 5.56 Å². The van der Waals surface area contributed by atoms with Crippen molar-refractivity contribution in [3.05, 3.63) is 23.8 Å². The molecule has 4 nitrogen and oxygen atoms in total. The number of nitrogens with one attached hydrogen (secondary N) is 1. The highest BCUT2D eigenvalue weighted by Crippen LogP contribution is 2.25. The van der Waals surface area contributed by atoms with E-state index in [0.717, 1.165) is 0 Å². The molecule has 1 N–H and O–H groups in total. The van der Waals surface area contributed by atoms with E-state index >= 15 is 0 Å². The summed E-state index contributed by atoms with van der Waals surface area (Å²) >= 11 is 3.12. The van der Waals surface area contributed by atoms with Gasteiger partial charge in [0.1, 0.15) is 11.4 Å². The number of carbonyl (C=O) groups is 1. The average molecular weight is 274 g/mol. The van der Waals surface area contributed by atoms with Crippen molar-refractivity contribution in [1.29, 1.82) is 0 Å². The fourth-order valence-electron chi connectivity index (χ4n) is 1.15. The number of hydrogen-bond acceptors (Lipinski definition) is 4. The number of benzene rings is 1. The summed E-state index contributed by atoms with van der Waals surface area (Å²) in [6.45, 7) is 0. The lowest BCUT2D eigenvalue weighted by atomic mass is 10.1. The highest BCUT2D eigenvalue weighted by atomic mass is 79.9.